The lowest BCUT2D eigenvalue weighted by molar-refractivity contribution is -0.171. The number of rotatable bonds is 6. The first-order chi connectivity index (χ1) is 7.43. The zero-order valence-electron chi connectivity index (χ0n) is 10.5. The Morgan fingerprint density at radius 1 is 1.56 bits per heavy atom. The Kier molecular flexibility index (Phi) is 4.14. The third-order valence-electron chi connectivity index (χ3n) is 3.26. The number of ether oxygens (including phenoxy) is 2. The Bertz CT molecular complexity index is 259. The molecule has 0 radical (unpaired) electrons. The lowest BCUT2D eigenvalue weighted by atomic mass is 9.84. The van der Waals surface area contributed by atoms with Crippen molar-refractivity contribution in [2.24, 2.45) is 10.8 Å². The predicted molar refractivity (Wildman–Crippen MR) is 63.1 cm³/mol. The molecule has 1 heterocycles. The van der Waals surface area contributed by atoms with Crippen LogP contribution < -0.4 is 0 Å². The molecular weight excluding hydrogens is 204 g/mol. The summed E-state index contributed by atoms with van der Waals surface area (Å²) in [5, 5.41) is 0. The average Bonchev–Trinajstić information content (AvgIpc) is 2.16. The smallest absolute Gasteiger partial charge is 0.306 e. The Morgan fingerprint density at radius 3 is 2.56 bits per heavy atom. The minimum Gasteiger partial charge on any atom is -0.465 e. The van der Waals surface area contributed by atoms with Crippen LogP contribution in [0.1, 0.15) is 33.6 Å². The molecule has 1 rings (SSSR count). The number of allylic oxidation sites excluding steroid dienone is 1. The SMILES string of the molecule is C=CC(C)(C)CC(=O)OCC1(CC)COC1. The molecule has 0 aromatic rings. The second-order valence-electron chi connectivity index (χ2n) is 5.38. The average molecular weight is 226 g/mol. The Hall–Kier alpha value is -0.830. The van der Waals surface area contributed by atoms with E-state index in [2.05, 4.69) is 13.5 Å². The van der Waals surface area contributed by atoms with Gasteiger partial charge in [0.1, 0.15) is 6.61 Å². The summed E-state index contributed by atoms with van der Waals surface area (Å²) in [5.74, 6) is -0.148. The molecular formula is C13H22O3. The summed E-state index contributed by atoms with van der Waals surface area (Å²) in [7, 11) is 0. The van der Waals surface area contributed by atoms with Crippen LogP contribution in [0.3, 0.4) is 0 Å². The molecule has 0 amide bonds. The lowest BCUT2D eigenvalue weighted by Gasteiger charge is -2.40. The van der Waals surface area contributed by atoms with E-state index < -0.39 is 0 Å². The lowest BCUT2D eigenvalue weighted by Crippen LogP contribution is -2.46. The van der Waals surface area contributed by atoms with Gasteiger partial charge in [-0.3, -0.25) is 4.79 Å². The van der Waals surface area contributed by atoms with Crippen molar-refractivity contribution in [1.82, 2.24) is 0 Å². The normalized spacial score (nSPS) is 18.7. The third-order valence-corrected chi connectivity index (χ3v) is 3.26. The first-order valence-corrected chi connectivity index (χ1v) is 5.80. The van der Waals surface area contributed by atoms with Crippen LogP contribution in [0, 0.1) is 10.8 Å². The fraction of sp³-hybridized carbons (Fsp3) is 0.769. The minimum absolute atomic E-state index is 0.0774. The highest BCUT2D eigenvalue weighted by atomic mass is 16.5. The molecule has 0 unspecified atom stereocenters. The fourth-order valence-corrected chi connectivity index (χ4v) is 1.51. The monoisotopic (exact) mass is 226 g/mol. The number of carbonyl (C=O) groups is 1. The third kappa shape index (κ3) is 3.34. The largest absolute Gasteiger partial charge is 0.465 e. The number of esters is 1. The second kappa shape index (κ2) is 5.00. The summed E-state index contributed by atoms with van der Waals surface area (Å²) in [6.45, 7) is 11.7. The highest BCUT2D eigenvalue weighted by Crippen LogP contribution is 2.32. The van der Waals surface area contributed by atoms with Gasteiger partial charge < -0.3 is 9.47 Å². The summed E-state index contributed by atoms with van der Waals surface area (Å²) in [6, 6.07) is 0. The summed E-state index contributed by atoms with van der Waals surface area (Å²) >= 11 is 0. The molecule has 1 aliphatic rings. The van der Waals surface area contributed by atoms with Crippen LogP contribution in [-0.2, 0) is 14.3 Å². The zero-order chi connectivity index (χ0) is 12.2. The second-order valence-corrected chi connectivity index (χ2v) is 5.38. The van der Waals surface area contributed by atoms with Crippen LogP contribution in [0.15, 0.2) is 12.7 Å². The van der Waals surface area contributed by atoms with Gasteiger partial charge in [-0.15, -0.1) is 6.58 Å². The fourth-order valence-electron chi connectivity index (χ4n) is 1.51. The standard InChI is InChI=1S/C13H22O3/c1-5-12(3,4)7-11(14)16-10-13(6-2)8-15-9-13/h5H,1,6-10H2,2-4H3. The van der Waals surface area contributed by atoms with Crippen molar-refractivity contribution in [2.75, 3.05) is 19.8 Å². The van der Waals surface area contributed by atoms with E-state index in [4.69, 9.17) is 9.47 Å². The number of carbonyl (C=O) groups excluding carboxylic acids is 1. The van der Waals surface area contributed by atoms with Gasteiger partial charge in [-0.25, -0.2) is 0 Å². The molecule has 92 valence electrons. The van der Waals surface area contributed by atoms with E-state index in [0.717, 1.165) is 6.42 Å². The van der Waals surface area contributed by atoms with E-state index in [1.165, 1.54) is 0 Å². The van der Waals surface area contributed by atoms with Gasteiger partial charge in [0.15, 0.2) is 0 Å². The van der Waals surface area contributed by atoms with Crippen molar-refractivity contribution >= 4 is 5.97 Å². The molecule has 0 aromatic heterocycles. The maximum Gasteiger partial charge on any atom is 0.306 e. The topological polar surface area (TPSA) is 35.5 Å². The van der Waals surface area contributed by atoms with E-state index in [1.54, 1.807) is 6.08 Å². The van der Waals surface area contributed by atoms with Gasteiger partial charge in [-0.05, 0) is 11.8 Å². The Balaban J connectivity index is 2.32. The van der Waals surface area contributed by atoms with Crippen molar-refractivity contribution < 1.29 is 14.3 Å². The van der Waals surface area contributed by atoms with Gasteiger partial charge in [0.25, 0.3) is 0 Å². The van der Waals surface area contributed by atoms with E-state index in [9.17, 15) is 4.79 Å². The Morgan fingerprint density at radius 2 is 2.19 bits per heavy atom. The highest BCUT2D eigenvalue weighted by molar-refractivity contribution is 5.70. The molecule has 0 saturated carbocycles. The molecule has 0 atom stereocenters. The molecule has 0 spiro atoms. The molecule has 1 saturated heterocycles. The molecule has 0 bridgehead atoms. The molecule has 0 aromatic carbocycles. The van der Waals surface area contributed by atoms with Gasteiger partial charge in [0, 0.05) is 0 Å². The summed E-state index contributed by atoms with van der Waals surface area (Å²) in [5.41, 5.74) is -0.111. The summed E-state index contributed by atoms with van der Waals surface area (Å²) in [4.78, 5) is 11.6. The number of hydrogen-bond acceptors (Lipinski definition) is 3. The zero-order valence-corrected chi connectivity index (χ0v) is 10.5. The van der Waals surface area contributed by atoms with Gasteiger partial charge in [-0.1, -0.05) is 26.8 Å². The van der Waals surface area contributed by atoms with E-state index in [0.29, 0.717) is 26.2 Å². The van der Waals surface area contributed by atoms with Crippen molar-refractivity contribution in [3.8, 4) is 0 Å². The molecule has 1 aliphatic heterocycles. The quantitative estimate of drug-likeness (QED) is 0.516. The van der Waals surface area contributed by atoms with E-state index in [1.807, 2.05) is 13.8 Å². The van der Waals surface area contributed by atoms with Crippen molar-refractivity contribution in [3.63, 3.8) is 0 Å². The predicted octanol–water partition coefficient (Wildman–Crippen LogP) is 2.56. The van der Waals surface area contributed by atoms with Crippen LogP contribution >= 0.6 is 0 Å². The van der Waals surface area contributed by atoms with E-state index >= 15 is 0 Å². The van der Waals surface area contributed by atoms with Crippen LogP contribution in [0.5, 0.6) is 0 Å². The van der Waals surface area contributed by atoms with Gasteiger partial charge >= 0.3 is 5.97 Å². The highest BCUT2D eigenvalue weighted by Gasteiger charge is 2.38. The van der Waals surface area contributed by atoms with Crippen molar-refractivity contribution in [3.05, 3.63) is 12.7 Å². The molecule has 16 heavy (non-hydrogen) atoms. The van der Waals surface area contributed by atoms with Gasteiger partial charge in [0.2, 0.25) is 0 Å². The molecule has 0 N–H and O–H groups in total. The van der Waals surface area contributed by atoms with Gasteiger partial charge in [-0.2, -0.15) is 0 Å². The van der Waals surface area contributed by atoms with Gasteiger partial charge in [0.05, 0.1) is 25.0 Å². The summed E-state index contributed by atoms with van der Waals surface area (Å²) in [6.07, 6.45) is 3.17. The minimum atomic E-state index is -0.188. The molecule has 3 heteroatoms. The number of hydrogen-bond donors (Lipinski definition) is 0. The maximum absolute atomic E-state index is 11.6. The first kappa shape index (κ1) is 13.2. The van der Waals surface area contributed by atoms with E-state index in [-0.39, 0.29) is 16.8 Å². The molecule has 1 fully saturated rings. The molecule has 3 nitrogen and oxygen atoms in total. The van der Waals surface area contributed by atoms with Crippen LogP contribution in [0.25, 0.3) is 0 Å². The van der Waals surface area contributed by atoms with Crippen molar-refractivity contribution in [2.45, 2.75) is 33.6 Å². The Labute approximate surface area is 97.8 Å². The maximum atomic E-state index is 11.6. The van der Waals surface area contributed by atoms with Crippen molar-refractivity contribution in [1.29, 1.82) is 0 Å². The van der Waals surface area contributed by atoms with Crippen LogP contribution in [0.2, 0.25) is 0 Å². The molecule has 0 aliphatic carbocycles. The summed E-state index contributed by atoms with van der Waals surface area (Å²) < 4.78 is 10.5. The first-order valence-electron chi connectivity index (χ1n) is 5.80. The van der Waals surface area contributed by atoms with Crippen LogP contribution in [-0.4, -0.2) is 25.8 Å². The van der Waals surface area contributed by atoms with Crippen LogP contribution in [0.4, 0.5) is 0 Å².